The van der Waals surface area contributed by atoms with Gasteiger partial charge in [-0.1, -0.05) is 19.9 Å². The number of carbonyl (C=O) groups excluding carboxylic acids is 2. The summed E-state index contributed by atoms with van der Waals surface area (Å²) in [5, 5.41) is 3.11. The molecule has 0 aliphatic heterocycles. The number of rotatable bonds is 9. The summed E-state index contributed by atoms with van der Waals surface area (Å²) in [5.41, 5.74) is 3.33. The highest BCUT2D eigenvalue weighted by molar-refractivity contribution is 6.02. The number of Topliss-reactive ketones (excluding diaryl/α,β-unsaturated/α-hetero) is 1. The molecule has 2 rings (SSSR count). The van der Waals surface area contributed by atoms with Gasteiger partial charge in [0.1, 0.15) is 5.69 Å². The van der Waals surface area contributed by atoms with Gasteiger partial charge < -0.3 is 19.8 Å². The Balaban J connectivity index is 2.36. The summed E-state index contributed by atoms with van der Waals surface area (Å²) < 4.78 is 11.4. The summed E-state index contributed by atoms with van der Waals surface area (Å²) in [4.78, 5) is 28.0. The van der Waals surface area contributed by atoms with Crippen LogP contribution in [0.2, 0.25) is 0 Å². The highest BCUT2D eigenvalue weighted by Crippen LogP contribution is 2.33. The van der Waals surface area contributed by atoms with Crippen molar-refractivity contribution in [2.45, 2.75) is 54.5 Å². The molecule has 1 atom stereocenters. The fourth-order valence-corrected chi connectivity index (χ4v) is 3.61. The number of ether oxygens (including phenoxy) is 2. The smallest absolute Gasteiger partial charge is 0.268 e. The molecule has 0 saturated heterocycles. The van der Waals surface area contributed by atoms with E-state index in [2.05, 4.69) is 24.1 Å². The zero-order chi connectivity index (χ0) is 21.7. The third kappa shape index (κ3) is 5.00. The van der Waals surface area contributed by atoms with E-state index >= 15 is 0 Å². The van der Waals surface area contributed by atoms with Gasteiger partial charge in [0.25, 0.3) is 5.91 Å². The van der Waals surface area contributed by atoms with E-state index in [4.69, 9.17) is 9.47 Å². The maximum atomic E-state index is 13.0. The van der Waals surface area contributed by atoms with E-state index in [-0.39, 0.29) is 23.7 Å². The van der Waals surface area contributed by atoms with E-state index in [1.807, 2.05) is 32.0 Å². The lowest BCUT2D eigenvalue weighted by atomic mass is 9.95. The number of aromatic nitrogens is 1. The van der Waals surface area contributed by atoms with Gasteiger partial charge in [-0.15, -0.1) is 0 Å². The van der Waals surface area contributed by atoms with Crippen molar-refractivity contribution in [3.05, 3.63) is 46.3 Å². The fourth-order valence-electron chi connectivity index (χ4n) is 3.61. The standard InChI is InChI=1S/C23H32N2O4/c1-8-28-18-11-10-17(12-19(18)29-9-2)21(13(3)4)25-23(27)22-14(5)20(16(7)26)15(6)24-22/h10-13,21,24H,8-9H2,1-7H3,(H,25,27). The van der Waals surface area contributed by atoms with E-state index in [0.29, 0.717) is 47.2 Å². The molecular weight excluding hydrogens is 368 g/mol. The highest BCUT2D eigenvalue weighted by atomic mass is 16.5. The second-order valence-electron chi connectivity index (χ2n) is 7.45. The molecule has 1 unspecified atom stereocenters. The Morgan fingerprint density at radius 1 is 1.07 bits per heavy atom. The average molecular weight is 401 g/mol. The lowest BCUT2D eigenvalue weighted by Gasteiger charge is -2.24. The summed E-state index contributed by atoms with van der Waals surface area (Å²) >= 11 is 0. The van der Waals surface area contributed by atoms with Crippen molar-refractivity contribution in [2.75, 3.05) is 13.2 Å². The number of aromatic amines is 1. The Kier molecular flexibility index (Phi) is 7.48. The van der Waals surface area contributed by atoms with Crippen molar-refractivity contribution >= 4 is 11.7 Å². The van der Waals surface area contributed by atoms with Crippen LogP contribution in [0.15, 0.2) is 18.2 Å². The van der Waals surface area contributed by atoms with Crippen molar-refractivity contribution in [1.82, 2.24) is 10.3 Å². The summed E-state index contributed by atoms with van der Waals surface area (Å²) in [6, 6.07) is 5.53. The van der Waals surface area contributed by atoms with Crippen molar-refractivity contribution in [3.8, 4) is 11.5 Å². The van der Waals surface area contributed by atoms with Crippen LogP contribution in [-0.2, 0) is 0 Å². The predicted octanol–water partition coefficient (Wildman–Crippen LogP) is 4.76. The SMILES string of the molecule is CCOc1ccc(C(NC(=O)c2[nH]c(C)c(C(C)=O)c2C)C(C)C)cc1OCC. The molecule has 0 radical (unpaired) electrons. The topological polar surface area (TPSA) is 80.4 Å². The quantitative estimate of drug-likeness (QED) is 0.595. The van der Waals surface area contributed by atoms with Crippen LogP contribution in [0.5, 0.6) is 11.5 Å². The van der Waals surface area contributed by atoms with Gasteiger partial charge in [-0.3, -0.25) is 9.59 Å². The van der Waals surface area contributed by atoms with Gasteiger partial charge in [0.2, 0.25) is 0 Å². The summed E-state index contributed by atoms with van der Waals surface area (Å²) in [5.74, 6) is 1.22. The van der Waals surface area contributed by atoms with Crippen LogP contribution in [0, 0.1) is 19.8 Å². The zero-order valence-corrected chi connectivity index (χ0v) is 18.4. The lowest BCUT2D eigenvalue weighted by molar-refractivity contribution is 0.0920. The maximum absolute atomic E-state index is 13.0. The Morgan fingerprint density at radius 3 is 2.21 bits per heavy atom. The molecule has 29 heavy (non-hydrogen) atoms. The Morgan fingerprint density at radius 2 is 1.69 bits per heavy atom. The third-order valence-electron chi connectivity index (χ3n) is 4.90. The molecule has 0 aliphatic carbocycles. The molecule has 6 heteroatoms. The van der Waals surface area contributed by atoms with Gasteiger partial charge in [0, 0.05) is 11.3 Å². The van der Waals surface area contributed by atoms with Gasteiger partial charge in [-0.2, -0.15) is 0 Å². The van der Waals surface area contributed by atoms with E-state index in [1.165, 1.54) is 6.92 Å². The second kappa shape index (κ2) is 9.63. The minimum Gasteiger partial charge on any atom is -0.490 e. The van der Waals surface area contributed by atoms with Gasteiger partial charge in [-0.25, -0.2) is 0 Å². The highest BCUT2D eigenvalue weighted by Gasteiger charge is 2.25. The molecule has 6 nitrogen and oxygen atoms in total. The van der Waals surface area contributed by atoms with Crippen molar-refractivity contribution < 1.29 is 19.1 Å². The molecule has 1 aromatic heterocycles. The van der Waals surface area contributed by atoms with Crippen LogP contribution < -0.4 is 14.8 Å². The molecule has 2 N–H and O–H groups in total. The Bertz CT molecular complexity index is 883. The predicted molar refractivity (Wildman–Crippen MR) is 114 cm³/mol. The number of nitrogens with one attached hydrogen (secondary N) is 2. The van der Waals surface area contributed by atoms with Crippen molar-refractivity contribution in [3.63, 3.8) is 0 Å². The number of H-pyrrole nitrogens is 1. The van der Waals surface area contributed by atoms with E-state index < -0.39 is 0 Å². The molecular formula is C23H32N2O4. The van der Waals surface area contributed by atoms with Crippen LogP contribution in [0.3, 0.4) is 0 Å². The van der Waals surface area contributed by atoms with Crippen LogP contribution in [0.1, 0.15) is 78.3 Å². The first-order chi connectivity index (χ1) is 13.7. The molecule has 0 saturated carbocycles. The van der Waals surface area contributed by atoms with E-state index in [0.717, 1.165) is 5.56 Å². The first-order valence-electron chi connectivity index (χ1n) is 10.1. The van der Waals surface area contributed by atoms with Crippen molar-refractivity contribution in [1.29, 1.82) is 0 Å². The largest absolute Gasteiger partial charge is 0.490 e. The average Bonchev–Trinajstić information content (AvgIpc) is 2.95. The molecule has 1 heterocycles. The van der Waals surface area contributed by atoms with Crippen LogP contribution in [0.25, 0.3) is 0 Å². The minimum absolute atomic E-state index is 0.0522. The molecule has 2 aromatic rings. The Labute approximate surface area is 173 Å². The number of amides is 1. The molecule has 1 aromatic carbocycles. The summed E-state index contributed by atoms with van der Waals surface area (Å²) in [6.07, 6.45) is 0. The number of hydrogen-bond donors (Lipinski definition) is 2. The van der Waals surface area contributed by atoms with Crippen LogP contribution in [0.4, 0.5) is 0 Å². The van der Waals surface area contributed by atoms with E-state index in [9.17, 15) is 9.59 Å². The summed E-state index contributed by atoms with van der Waals surface area (Å²) in [6.45, 7) is 14.1. The zero-order valence-electron chi connectivity index (χ0n) is 18.4. The van der Waals surface area contributed by atoms with Crippen LogP contribution >= 0.6 is 0 Å². The number of hydrogen-bond acceptors (Lipinski definition) is 4. The molecule has 158 valence electrons. The molecule has 0 fully saturated rings. The monoisotopic (exact) mass is 400 g/mol. The van der Waals surface area contributed by atoms with Gasteiger partial charge >= 0.3 is 0 Å². The molecule has 1 amide bonds. The normalized spacial score (nSPS) is 12.0. The fraction of sp³-hybridized carbons (Fsp3) is 0.478. The van der Waals surface area contributed by atoms with E-state index in [1.54, 1.807) is 13.8 Å². The molecule has 0 spiro atoms. The number of aryl methyl sites for hydroxylation is 1. The summed E-state index contributed by atoms with van der Waals surface area (Å²) in [7, 11) is 0. The van der Waals surface area contributed by atoms with Gasteiger partial charge in [0.05, 0.1) is 19.3 Å². The van der Waals surface area contributed by atoms with Gasteiger partial charge in [-0.05, 0) is 63.8 Å². The number of ketones is 1. The third-order valence-corrected chi connectivity index (χ3v) is 4.90. The first kappa shape index (κ1) is 22.5. The molecule has 0 bridgehead atoms. The number of carbonyl (C=O) groups is 2. The van der Waals surface area contributed by atoms with Gasteiger partial charge in [0.15, 0.2) is 17.3 Å². The molecule has 0 aliphatic rings. The lowest BCUT2D eigenvalue weighted by Crippen LogP contribution is -2.32. The minimum atomic E-state index is -0.233. The second-order valence-corrected chi connectivity index (χ2v) is 7.45. The first-order valence-corrected chi connectivity index (χ1v) is 10.1. The Hall–Kier alpha value is -2.76. The number of benzene rings is 1. The van der Waals surface area contributed by atoms with Crippen LogP contribution in [-0.4, -0.2) is 29.9 Å². The maximum Gasteiger partial charge on any atom is 0.268 e. The van der Waals surface area contributed by atoms with Crippen molar-refractivity contribution in [2.24, 2.45) is 5.92 Å².